The van der Waals surface area contributed by atoms with E-state index in [1.807, 2.05) is 9.13 Å². The molecule has 2 aromatic rings. The minimum atomic E-state index is -0.906. The first kappa shape index (κ1) is 17.6. The van der Waals surface area contributed by atoms with E-state index >= 15 is 0 Å². The predicted molar refractivity (Wildman–Crippen MR) is 85.7 cm³/mol. The Kier molecular flexibility index (Phi) is 6.42. The lowest BCUT2D eigenvalue weighted by Gasteiger charge is -2.00. The maximum Gasteiger partial charge on any atom is 0.336 e. The fourth-order valence-electron chi connectivity index (χ4n) is 2.44. The van der Waals surface area contributed by atoms with Crippen molar-refractivity contribution in [1.29, 1.82) is 0 Å². The van der Waals surface area contributed by atoms with Crippen LogP contribution < -0.4 is 9.13 Å². The monoisotopic (exact) mass is 330 g/mol. The number of aromatic carboxylic acids is 2. The molecule has 0 aliphatic carbocycles. The summed E-state index contributed by atoms with van der Waals surface area (Å²) in [6.45, 7) is 1.75. The van der Waals surface area contributed by atoms with Gasteiger partial charge in [0.25, 0.3) is 0 Å². The third-order valence-electron chi connectivity index (χ3n) is 3.86. The van der Waals surface area contributed by atoms with E-state index in [0.717, 1.165) is 38.8 Å². The van der Waals surface area contributed by atoms with Gasteiger partial charge in [-0.1, -0.05) is 0 Å². The van der Waals surface area contributed by atoms with E-state index in [1.54, 1.807) is 49.1 Å². The Morgan fingerprint density at radius 2 is 1.00 bits per heavy atom. The Morgan fingerprint density at radius 1 is 0.667 bits per heavy atom. The van der Waals surface area contributed by atoms with Gasteiger partial charge in [-0.25, -0.2) is 18.7 Å². The highest BCUT2D eigenvalue weighted by Crippen LogP contribution is 2.01. The highest BCUT2D eigenvalue weighted by Gasteiger charge is 2.07. The molecule has 0 atom stereocenters. The SMILES string of the molecule is O=C(O)c1cc[n+](CCCCCC[n+]2ccc(C(=O)O)cc2)cc1. The van der Waals surface area contributed by atoms with Crippen molar-refractivity contribution < 1.29 is 28.9 Å². The van der Waals surface area contributed by atoms with Crippen LogP contribution in [-0.2, 0) is 13.1 Å². The molecule has 126 valence electrons. The number of carboxylic acids is 2. The average Bonchev–Trinajstić information content (AvgIpc) is 2.58. The third kappa shape index (κ3) is 5.46. The number of aryl methyl sites for hydroxylation is 2. The molecule has 0 aliphatic rings. The summed E-state index contributed by atoms with van der Waals surface area (Å²) in [5, 5.41) is 17.7. The summed E-state index contributed by atoms with van der Waals surface area (Å²) in [4.78, 5) is 21.5. The Morgan fingerprint density at radius 3 is 1.29 bits per heavy atom. The summed E-state index contributed by atoms with van der Waals surface area (Å²) < 4.78 is 3.98. The van der Waals surface area contributed by atoms with Gasteiger partial charge in [0.1, 0.15) is 13.1 Å². The number of pyridine rings is 2. The van der Waals surface area contributed by atoms with Crippen molar-refractivity contribution in [3.63, 3.8) is 0 Å². The molecule has 0 radical (unpaired) electrons. The van der Waals surface area contributed by atoms with Crippen LogP contribution in [0.25, 0.3) is 0 Å². The largest absolute Gasteiger partial charge is 0.478 e. The summed E-state index contributed by atoms with van der Waals surface area (Å²) in [7, 11) is 0. The zero-order chi connectivity index (χ0) is 17.4. The van der Waals surface area contributed by atoms with Crippen molar-refractivity contribution in [2.75, 3.05) is 0 Å². The second-order valence-electron chi connectivity index (χ2n) is 5.67. The van der Waals surface area contributed by atoms with Crippen LogP contribution in [0.15, 0.2) is 49.1 Å². The first-order valence-electron chi connectivity index (χ1n) is 8.01. The number of carboxylic acid groups (broad SMARTS) is 2. The minimum absolute atomic E-state index is 0.303. The van der Waals surface area contributed by atoms with Crippen molar-refractivity contribution in [3.8, 4) is 0 Å². The van der Waals surface area contributed by atoms with Crippen LogP contribution in [0.2, 0.25) is 0 Å². The molecular weight excluding hydrogens is 308 g/mol. The molecule has 2 N–H and O–H groups in total. The average molecular weight is 330 g/mol. The third-order valence-corrected chi connectivity index (χ3v) is 3.86. The second kappa shape index (κ2) is 8.76. The lowest BCUT2D eigenvalue weighted by Crippen LogP contribution is -2.33. The van der Waals surface area contributed by atoms with Gasteiger partial charge in [-0.05, 0) is 12.8 Å². The van der Waals surface area contributed by atoms with Gasteiger partial charge in [-0.2, -0.15) is 0 Å². The molecule has 6 nitrogen and oxygen atoms in total. The zero-order valence-electron chi connectivity index (χ0n) is 13.5. The normalized spacial score (nSPS) is 10.5. The number of aromatic nitrogens is 2. The van der Waals surface area contributed by atoms with Crippen LogP contribution in [0.1, 0.15) is 46.4 Å². The lowest BCUT2D eigenvalue weighted by molar-refractivity contribution is -0.698. The minimum Gasteiger partial charge on any atom is -0.478 e. The molecule has 0 amide bonds. The Labute approximate surface area is 140 Å². The van der Waals surface area contributed by atoms with E-state index in [0.29, 0.717) is 11.1 Å². The summed E-state index contributed by atoms with van der Waals surface area (Å²) in [6, 6.07) is 6.44. The Balaban J connectivity index is 1.62. The molecule has 0 fully saturated rings. The number of nitrogens with zero attached hydrogens (tertiary/aromatic N) is 2. The smallest absolute Gasteiger partial charge is 0.336 e. The van der Waals surface area contributed by atoms with Crippen LogP contribution in [0.4, 0.5) is 0 Å². The summed E-state index contributed by atoms with van der Waals surface area (Å²) in [6.07, 6.45) is 11.5. The van der Waals surface area contributed by atoms with Crippen molar-refractivity contribution in [3.05, 3.63) is 60.2 Å². The summed E-state index contributed by atoms with van der Waals surface area (Å²) >= 11 is 0. The quantitative estimate of drug-likeness (QED) is 0.543. The maximum atomic E-state index is 10.8. The molecule has 0 bridgehead atoms. The molecule has 0 unspecified atom stereocenters. The number of carbonyl (C=O) groups is 2. The zero-order valence-corrected chi connectivity index (χ0v) is 13.5. The van der Waals surface area contributed by atoms with Crippen LogP contribution in [0, 0.1) is 0 Å². The molecule has 6 heteroatoms. The molecule has 0 saturated carbocycles. The summed E-state index contributed by atoms with van der Waals surface area (Å²) in [5.74, 6) is -1.81. The molecule has 0 aromatic carbocycles. The van der Waals surface area contributed by atoms with Gasteiger partial charge >= 0.3 is 11.9 Å². The molecule has 0 aliphatic heterocycles. The second-order valence-corrected chi connectivity index (χ2v) is 5.67. The molecule has 0 saturated heterocycles. The fraction of sp³-hybridized carbons (Fsp3) is 0.333. The van der Waals surface area contributed by atoms with Crippen LogP contribution in [0.3, 0.4) is 0 Å². The molecule has 2 aromatic heterocycles. The van der Waals surface area contributed by atoms with Crippen LogP contribution in [0.5, 0.6) is 0 Å². The lowest BCUT2D eigenvalue weighted by atomic mass is 10.2. The van der Waals surface area contributed by atoms with E-state index in [1.165, 1.54) is 0 Å². The van der Waals surface area contributed by atoms with Gasteiger partial charge in [0, 0.05) is 37.1 Å². The van der Waals surface area contributed by atoms with Gasteiger partial charge < -0.3 is 10.2 Å². The Bertz CT molecular complexity index is 620. The fourth-order valence-corrected chi connectivity index (χ4v) is 2.44. The van der Waals surface area contributed by atoms with Gasteiger partial charge in [0.05, 0.1) is 11.1 Å². The van der Waals surface area contributed by atoms with E-state index in [9.17, 15) is 9.59 Å². The Hall–Kier alpha value is -2.76. The van der Waals surface area contributed by atoms with E-state index in [4.69, 9.17) is 10.2 Å². The molecular formula is C18H22N2O4+2. The highest BCUT2D eigenvalue weighted by atomic mass is 16.4. The van der Waals surface area contributed by atoms with E-state index in [2.05, 4.69) is 0 Å². The standard InChI is InChI=1S/C18H20N2O4/c21-17(22)15-5-11-19(12-6-15)9-3-1-2-4-10-20-13-7-16(8-14-20)18(23)24/h5-8,11-14H,1-4,9-10H2/p+2. The van der Waals surface area contributed by atoms with Gasteiger partial charge in [0.15, 0.2) is 24.8 Å². The van der Waals surface area contributed by atoms with Gasteiger partial charge in [0.2, 0.25) is 0 Å². The molecule has 24 heavy (non-hydrogen) atoms. The number of hydrogen-bond donors (Lipinski definition) is 2. The van der Waals surface area contributed by atoms with Crippen molar-refractivity contribution in [1.82, 2.24) is 0 Å². The molecule has 2 heterocycles. The first-order valence-corrected chi connectivity index (χ1v) is 8.01. The topological polar surface area (TPSA) is 82.4 Å². The first-order chi connectivity index (χ1) is 11.6. The van der Waals surface area contributed by atoms with Crippen LogP contribution in [-0.4, -0.2) is 22.2 Å². The van der Waals surface area contributed by atoms with Crippen molar-refractivity contribution in [2.45, 2.75) is 38.8 Å². The molecule has 2 rings (SSSR count). The van der Waals surface area contributed by atoms with E-state index < -0.39 is 11.9 Å². The van der Waals surface area contributed by atoms with E-state index in [-0.39, 0.29) is 0 Å². The maximum absolute atomic E-state index is 10.8. The number of hydrogen-bond acceptors (Lipinski definition) is 2. The highest BCUT2D eigenvalue weighted by molar-refractivity contribution is 5.87. The van der Waals surface area contributed by atoms with Crippen molar-refractivity contribution in [2.24, 2.45) is 0 Å². The van der Waals surface area contributed by atoms with Crippen molar-refractivity contribution >= 4 is 11.9 Å². The van der Waals surface area contributed by atoms with Gasteiger partial charge in [-0.3, -0.25) is 0 Å². The number of unbranched alkanes of at least 4 members (excludes halogenated alkanes) is 3. The number of rotatable bonds is 9. The van der Waals surface area contributed by atoms with Gasteiger partial charge in [-0.15, -0.1) is 0 Å². The predicted octanol–water partition coefficient (Wildman–Crippen LogP) is 1.92. The summed E-state index contributed by atoms with van der Waals surface area (Å²) in [5.41, 5.74) is 0.606. The molecule has 0 spiro atoms. The van der Waals surface area contributed by atoms with Crippen LogP contribution >= 0.6 is 0 Å².